The zero-order valence-corrected chi connectivity index (χ0v) is 54.6. The van der Waals surface area contributed by atoms with E-state index in [1.54, 1.807) is 0 Å². The van der Waals surface area contributed by atoms with Gasteiger partial charge in [-0.2, -0.15) is 0 Å². The highest BCUT2D eigenvalue weighted by Crippen LogP contribution is 2.65. The van der Waals surface area contributed by atoms with Gasteiger partial charge >= 0.3 is 0 Å². The van der Waals surface area contributed by atoms with Crippen LogP contribution in [0, 0.1) is 0 Å². The molecule has 101 heavy (non-hydrogen) atoms. The van der Waals surface area contributed by atoms with Gasteiger partial charge in [0.05, 0.1) is 38.6 Å². The van der Waals surface area contributed by atoms with Gasteiger partial charge in [-0.05, 0) is 178 Å². The maximum absolute atomic E-state index is 7.13. The van der Waals surface area contributed by atoms with Crippen LogP contribution < -0.4 is 9.47 Å². The van der Waals surface area contributed by atoms with E-state index < -0.39 is 10.8 Å². The molecule has 0 N–H and O–H groups in total. The Balaban J connectivity index is 0.649. The molecule has 0 amide bonds. The van der Waals surface area contributed by atoms with E-state index in [0.717, 1.165) is 150 Å². The standard InChI is InChI=1S/C96H57N3O2/c1-2-20-58(21-3-1)84-51-48-72-67(29-19-38-85(72)97-84)65-25-17-24-61(53-65)64-45-50-82-92(57-64)101-90-41-15-11-35-80(90)96(82)78-33-9-6-28-74(78)93-68(30-18-36-83(93)96)66-43-47-73-69-46-42-62(54-75(69)94-98-86-37-12-13-39-87(86)99(94)88(73)55-66)59-22-16-23-60(52-59)63-44-49-81-91(56-63)100-89-40-14-10-34-79(89)95(81)76-31-7-4-26-70(76)71-27-5-8-32-77(71)95/h1-57H. The minimum absolute atomic E-state index is 0.516. The molecule has 4 aliphatic rings. The van der Waals surface area contributed by atoms with Gasteiger partial charge in [-0.25, -0.2) is 9.97 Å². The number of hydrogen-bond acceptors (Lipinski definition) is 4. The number of nitrogens with zero attached hydrogens (tertiary/aromatic N) is 3. The molecule has 22 rings (SSSR count). The Morgan fingerprint density at radius 2 is 0.673 bits per heavy atom. The van der Waals surface area contributed by atoms with E-state index in [-0.39, 0.29) is 0 Å². The number of para-hydroxylation sites is 4. The van der Waals surface area contributed by atoms with Crippen molar-refractivity contribution in [2.45, 2.75) is 10.8 Å². The Labute approximate surface area is 582 Å². The minimum atomic E-state index is -0.680. The molecule has 5 heterocycles. The average Bonchev–Trinajstić information content (AvgIpc) is 1.56. The molecule has 1 atom stereocenters. The second-order valence-corrected chi connectivity index (χ2v) is 27.3. The summed E-state index contributed by atoms with van der Waals surface area (Å²) in [6, 6.07) is 126. The van der Waals surface area contributed by atoms with E-state index in [1.807, 2.05) is 6.07 Å². The number of hydrogen-bond donors (Lipinski definition) is 0. The highest BCUT2D eigenvalue weighted by molar-refractivity contribution is 6.16. The first-order valence-electron chi connectivity index (χ1n) is 34.8. The van der Waals surface area contributed by atoms with Crippen LogP contribution in [0.15, 0.2) is 346 Å². The number of imidazole rings is 1. The van der Waals surface area contributed by atoms with Gasteiger partial charge in [-0.3, -0.25) is 4.40 Å². The Hall–Kier alpha value is -13.2. The van der Waals surface area contributed by atoms with E-state index >= 15 is 0 Å². The van der Waals surface area contributed by atoms with Crippen molar-refractivity contribution in [2.24, 2.45) is 0 Å². The fraction of sp³-hybridized carbons (Fsp3) is 0.0208. The molecule has 5 heteroatoms. The van der Waals surface area contributed by atoms with Crippen LogP contribution in [0.25, 0.3) is 138 Å². The van der Waals surface area contributed by atoms with E-state index in [1.165, 1.54) is 55.6 Å². The molecule has 0 radical (unpaired) electrons. The SMILES string of the molecule is c1ccc(-c2ccc3c(-c4cccc(-c5ccc6c(c5)Oc5ccccc5C65c6ccccc6-c6c(-c7ccc8c9ccc(-c%10cccc(-c%11ccc%12c(c%11)Oc%11ccccc%11C%12%11c%12ccccc%12-c%12ccccc%12%11)c%10)cc9c9nc%10ccccc%10n9c8c7)cccc65)c4)cccc3n2)cc1. The number of rotatable bonds is 6. The third-order valence-electron chi connectivity index (χ3n) is 22.3. The van der Waals surface area contributed by atoms with Crippen LogP contribution in [-0.4, -0.2) is 14.4 Å². The topological polar surface area (TPSA) is 48.7 Å². The first-order valence-corrected chi connectivity index (χ1v) is 34.8. The van der Waals surface area contributed by atoms with Crippen LogP contribution in [0.3, 0.4) is 0 Å². The van der Waals surface area contributed by atoms with E-state index in [9.17, 15) is 0 Å². The molecule has 468 valence electrons. The van der Waals surface area contributed by atoms with Crippen molar-refractivity contribution in [3.63, 3.8) is 0 Å². The van der Waals surface area contributed by atoms with Crippen LogP contribution in [0.1, 0.15) is 44.5 Å². The van der Waals surface area contributed by atoms with Crippen molar-refractivity contribution >= 4 is 49.3 Å². The number of fused-ring (bicyclic) bond motifs is 27. The molecule has 0 saturated heterocycles. The van der Waals surface area contributed by atoms with E-state index in [4.69, 9.17) is 19.4 Å². The third-order valence-corrected chi connectivity index (χ3v) is 22.3. The maximum Gasteiger partial charge on any atom is 0.146 e. The molecule has 2 aliphatic heterocycles. The monoisotopic (exact) mass is 1280 g/mol. The van der Waals surface area contributed by atoms with Crippen LogP contribution in [-0.2, 0) is 10.8 Å². The number of benzene rings is 15. The molecule has 2 spiro atoms. The zero-order chi connectivity index (χ0) is 66.1. The minimum Gasteiger partial charge on any atom is -0.457 e. The number of pyridine rings is 2. The lowest BCUT2D eigenvalue weighted by Gasteiger charge is -2.39. The lowest BCUT2D eigenvalue weighted by atomic mass is 9.66. The second-order valence-electron chi connectivity index (χ2n) is 27.3. The third kappa shape index (κ3) is 7.86. The van der Waals surface area contributed by atoms with E-state index in [2.05, 4.69) is 344 Å². The van der Waals surface area contributed by atoms with Crippen LogP contribution in [0.5, 0.6) is 23.0 Å². The summed E-state index contributed by atoms with van der Waals surface area (Å²) in [7, 11) is 0. The van der Waals surface area contributed by atoms with Crippen molar-refractivity contribution in [3.05, 3.63) is 390 Å². The Bertz CT molecular complexity index is 6570. The molecule has 1 unspecified atom stereocenters. The maximum atomic E-state index is 7.13. The fourth-order valence-electron chi connectivity index (χ4n) is 18.0. The summed E-state index contributed by atoms with van der Waals surface area (Å²) in [5.74, 6) is 3.45. The average molecular weight is 1280 g/mol. The molecular formula is C96H57N3O2. The molecule has 15 aromatic carbocycles. The normalized spacial score (nSPS) is 14.6. The summed E-state index contributed by atoms with van der Waals surface area (Å²) < 4.78 is 16.5. The predicted molar refractivity (Wildman–Crippen MR) is 410 cm³/mol. The summed E-state index contributed by atoms with van der Waals surface area (Å²) in [5.41, 5.74) is 31.7. The van der Waals surface area contributed by atoms with Gasteiger partial charge in [0.1, 0.15) is 28.6 Å². The molecule has 5 nitrogen and oxygen atoms in total. The molecule has 18 aromatic rings. The predicted octanol–water partition coefficient (Wildman–Crippen LogP) is 24.3. The summed E-state index contributed by atoms with van der Waals surface area (Å²) >= 11 is 0. The first kappa shape index (κ1) is 55.9. The Morgan fingerprint density at radius 3 is 1.38 bits per heavy atom. The highest BCUT2D eigenvalue weighted by Gasteiger charge is 2.53. The van der Waals surface area contributed by atoms with Crippen molar-refractivity contribution in [1.29, 1.82) is 0 Å². The van der Waals surface area contributed by atoms with Gasteiger partial charge < -0.3 is 9.47 Å². The molecule has 2 aliphatic carbocycles. The van der Waals surface area contributed by atoms with Crippen molar-refractivity contribution in [2.75, 3.05) is 0 Å². The lowest BCUT2D eigenvalue weighted by Crippen LogP contribution is -2.32. The van der Waals surface area contributed by atoms with Gasteiger partial charge in [0, 0.05) is 44.0 Å². The number of aromatic nitrogens is 3. The Kier molecular flexibility index (Phi) is 11.7. The van der Waals surface area contributed by atoms with Crippen LogP contribution >= 0.6 is 0 Å². The van der Waals surface area contributed by atoms with Crippen molar-refractivity contribution in [1.82, 2.24) is 14.4 Å². The summed E-state index contributed by atoms with van der Waals surface area (Å²) in [4.78, 5) is 10.6. The fourth-order valence-corrected chi connectivity index (χ4v) is 18.0. The molecule has 3 aromatic heterocycles. The molecule has 0 bridgehead atoms. The number of ether oxygens (including phenoxy) is 2. The van der Waals surface area contributed by atoms with Crippen LogP contribution in [0.2, 0.25) is 0 Å². The van der Waals surface area contributed by atoms with Gasteiger partial charge in [0.15, 0.2) is 0 Å². The molecular weight excluding hydrogens is 1230 g/mol. The van der Waals surface area contributed by atoms with Gasteiger partial charge in [-0.1, -0.05) is 273 Å². The summed E-state index contributed by atoms with van der Waals surface area (Å²) in [6.45, 7) is 0. The molecule has 0 fully saturated rings. The highest BCUT2D eigenvalue weighted by atomic mass is 16.5. The first-order chi connectivity index (χ1) is 50.0. The van der Waals surface area contributed by atoms with Crippen molar-refractivity contribution < 1.29 is 9.47 Å². The zero-order valence-electron chi connectivity index (χ0n) is 54.6. The van der Waals surface area contributed by atoms with Gasteiger partial charge in [0.2, 0.25) is 0 Å². The second kappa shape index (κ2) is 21.1. The quantitative estimate of drug-likeness (QED) is 0.156. The molecule has 0 saturated carbocycles. The van der Waals surface area contributed by atoms with E-state index in [0.29, 0.717) is 0 Å². The van der Waals surface area contributed by atoms with Crippen LogP contribution in [0.4, 0.5) is 0 Å². The lowest BCUT2D eigenvalue weighted by molar-refractivity contribution is 0.436. The summed E-state index contributed by atoms with van der Waals surface area (Å²) in [5, 5.41) is 4.52. The summed E-state index contributed by atoms with van der Waals surface area (Å²) in [6.07, 6.45) is 0. The smallest absolute Gasteiger partial charge is 0.146 e. The van der Waals surface area contributed by atoms with Gasteiger partial charge in [-0.15, -0.1) is 0 Å². The largest absolute Gasteiger partial charge is 0.457 e. The van der Waals surface area contributed by atoms with Gasteiger partial charge in [0.25, 0.3) is 0 Å². The Morgan fingerprint density at radius 1 is 0.228 bits per heavy atom. The van der Waals surface area contributed by atoms with Crippen molar-refractivity contribution in [3.8, 4) is 112 Å².